The largest absolute Gasteiger partial charge is 0.454 e. The molecule has 0 saturated carbocycles. The molecule has 2 aliphatic rings. The standard InChI is InChI=1S/C12H10N2O4/c1-7-11(15)14(12(16)13-7)5-8-2-3-9-10(4-8)18-6-17-9/h2-4H,1,5-6H2,(H,13,16). The van der Waals surface area contributed by atoms with Gasteiger partial charge < -0.3 is 14.8 Å². The highest BCUT2D eigenvalue weighted by Gasteiger charge is 2.32. The fourth-order valence-electron chi connectivity index (χ4n) is 1.87. The van der Waals surface area contributed by atoms with Crippen LogP contribution < -0.4 is 14.8 Å². The van der Waals surface area contributed by atoms with Crippen LogP contribution in [0.3, 0.4) is 0 Å². The molecule has 3 rings (SSSR count). The number of ether oxygens (including phenoxy) is 2. The summed E-state index contributed by atoms with van der Waals surface area (Å²) in [5, 5.41) is 2.38. The zero-order valence-electron chi connectivity index (χ0n) is 9.43. The fourth-order valence-corrected chi connectivity index (χ4v) is 1.87. The summed E-state index contributed by atoms with van der Waals surface area (Å²) < 4.78 is 10.4. The van der Waals surface area contributed by atoms with Gasteiger partial charge in [0.05, 0.1) is 6.54 Å². The number of hydrogen-bond donors (Lipinski definition) is 1. The Bertz CT molecular complexity index is 567. The van der Waals surface area contributed by atoms with E-state index in [-0.39, 0.29) is 19.0 Å². The van der Waals surface area contributed by atoms with E-state index in [9.17, 15) is 9.59 Å². The van der Waals surface area contributed by atoms with Crippen molar-refractivity contribution in [3.8, 4) is 11.5 Å². The van der Waals surface area contributed by atoms with Crippen LogP contribution in [-0.2, 0) is 11.3 Å². The maximum Gasteiger partial charge on any atom is 0.329 e. The van der Waals surface area contributed by atoms with Gasteiger partial charge in [0.1, 0.15) is 5.70 Å². The van der Waals surface area contributed by atoms with E-state index < -0.39 is 11.9 Å². The Balaban J connectivity index is 1.83. The van der Waals surface area contributed by atoms with Crippen LogP contribution in [0, 0.1) is 0 Å². The van der Waals surface area contributed by atoms with Crippen molar-refractivity contribution >= 4 is 11.9 Å². The summed E-state index contributed by atoms with van der Waals surface area (Å²) in [7, 11) is 0. The minimum Gasteiger partial charge on any atom is -0.454 e. The second-order valence-corrected chi connectivity index (χ2v) is 3.99. The number of rotatable bonds is 2. The summed E-state index contributed by atoms with van der Waals surface area (Å²) in [5.74, 6) is 0.886. The van der Waals surface area contributed by atoms with E-state index in [0.29, 0.717) is 11.5 Å². The van der Waals surface area contributed by atoms with Crippen LogP contribution in [0.1, 0.15) is 5.56 Å². The lowest BCUT2D eigenvalue weighted by Crippen LogP contribution is -2.30. The molecule has 92 valence electrons. The smallest absolute Gasteiger partial charge is 0.329 e. The van der Waals surface area contributed by atoms with Crippen LogP contribution >= 0.6 is 0 Å². The van der Waals surface area contributed by atoms with E-state index in [4.69, 9.17) is 9.47 Å². The van der Waals surface area contributed by atoms with Gasteiger partial charge in [-0.05, 0) is 17.7 Å². The van der Waals surface area contributed by atoms with Gasteiger partial charge in [0.15, 0.2) is 11.5 Å². The molecule has 0 spiro atoms. The Labute approximate surface area is 103 Å². The van der Waals surface area contributed by atoms with Gasteiger partial charge in [0.25, 0.3) is 5.91 Å². The van der Waals surface area contributed by atoms with Crippen molar-refractivity contribution in [2.24, 2.45) is 0 Å². The van der Waals surface area contributed by atoms with Gasteiger partial charge in [-0.25, -0.2) is 4.79 Å². The van der Waals surface area contributed by atoms with E-state index in [0.717, 1.165) is 10.5 Å². The van der Waals surface area contributed by atoms with Gasteiger partial charge in [-0.15, -0.1) is 0 Å². The van der Waals surface area contributed by atoms with Crippen molar-refractivity contribution in [2.45, 2.75) is 6.54 Å². The topological polar surface area (TPSA) is 67.9 Å². The lowest BCUT2D eigenvalue weighted by molar-refractivity contribution is -0.123. The summed E-state index contributed by atoms with van der Waals surface area (Å²) in [6, 6.07) is 4.84. The van der Waals surface area contributed by atoms with Crippen molar-refractivity contribution < 1.29 is 19.1 Å². The van der Waals surface area contributed by atoms with Crippen LogP contribution in [0.5, 0.6) is 11.5 Å². The molecule has 1 fully saturated rings. The van der Waals surface area contributed by atoms with E-state index in [1.54, 1.807) is 18.2 Å². The first-order valence-corrected chi connectivity index (χ1v) is 5.35. The van der Waals surface area contributed by atoms with Crippen LogP contribution in [-0.4, -0.2) is 23.6 Å². The molecule has 6 heteroatoms. The van der Waals surface area contributed by atoms with Crippen molar-refractivity contribution in [1.82, 2.24) is 10.2 Å². The number of hydrogen-bond acceptors (Lipinski definition) is 4. The second kappa shape index (κ2) is 3.76. The molecule has 0 radical (unpaired) electrons. The third kappa shape index (κ3) is 1.58. The predicted octanol–water partition coefficient (Wildman–Crippen LogP) is 0.981. The van der Waals surface area contributed by atoms with Gasteiger partial charge in [-0.1, -0.05) is 12.6 Å². The SMILES string of the molecule is C=C1NC(=O)N(Cc2ccc3c(c2)OCO3)C1=O. The summed E-state index contributed by atoms with van der Waals surface area (Å²) in [6.45, 7) is 3.84. The fraction of sp³-hybridized carbons (Fsp3) is 0.167. The molecule has 2 heterocycles. The summed E-state index contributed by atoms with van der Waals surface area (Å²) in [6.07, 6.45) is 0. The Morgan fingerprint density at radius 2 is 2.06 bits per heavy atom. The first-order chi connectivity index (χ1) is 8.65. The first-order valence-electron chi connectivity index (χ1n) is 5.35. The van der Waals surface area contributed by atoms with E-state index in [2.05, 4.69) is 11.9 Å². The molecular formula is C12H10N2O4. The maximum absolute atomic E-state index is 11.6. The molecule has 18 heavy (non-hydrogen) atoms. The van der Waals surface area contributed by atoms with Crippen molar-refractivity contribution in [2.75, 3.05) is 6.79 Å². The minimum atomic E-state index is -0.456. The average Bonchev–Trinajstić information content (AvgIpc) is 2.89. The third-order valence-corrected chi connectivity index (χ3v) is 2.78. The normalized spacial score (nSPS) is 17.3. The van der Waals surface area contributed by atoms with Crippen molar-refractivity contribution in [3.05, 3.63) is 36.0 Å². The van der Waals surface area contributed by atoms with Crippen LogP contribution in [0.2, 0.25) is 0 Å². The number of amides is 3. The van der Waals surface area contributed by atoms with Gasteiger partial charge in [-0.3, -0.25) is 9.69 Å². The van der Waals surface area contributed by atoms with Crippen LogP contribution in [0.15, 0.2) is 30.5 Å². The molecule has 0 aromatic heterocycles. The van der Waals surface area contributed by atoms with Crippen LogP contribution in [0.25, 0.3) is 0 Å². The Hall–Kier alpha value is -2.50. The number of imide groups is 1. The molecule has 3 amide bonds. The van der Waals surface area contributed by atoms with Gasteiger partial charge in [0.2, 0.25) is 6.79 Å². The lowest BCUT2D eigenvalue weighted by atomic mass is 10.2. The number of nitrogens with one attached hydrogen (secondary N) is 1. The molecule has 0 atom stereocenters. The predicted molar refractivity (Wildman–Crippen MR) is 60.8 cm³/mol. The highest BCUT2D eigenvalue weighted by molar-refractivity contribution is 6.11. The van der Waals surface area contributed by atoms with Gasteiger partial charge in [0, 0.05) is 0 Å². The Kier molecular flexibility index (Phi) is 2.22. The number of benzene rings is 1. The monoisotopic (exact) mass is 246 g/mol. The van der Waals surface area contributed by atoms with Crippen LogP contribution in [0.4, 0.5) is 4.79 Å². The molecule has 1 aromatic carbocycles. The molecule has 1 saturated heterocycles. The van der Waals surface area contributed by atoms with E-state index >= 15 is 0 Å². The number of carbonyl (C=O) groups excluding carboxylic acids is 2. The maximum atomic E-state index is 11.6. The zero-order chi connectivity index (χ0) is 12.7. The highest BCUT2D eigenvalue weighted by atomic mass is 16.7. The van der Waals surface area contributed by atoms with Gasteiger partial charge in [-0.2, -0.15) is 0 Å². The molecule has 0 unspecified atom stereocenters. The number of carbonyl (C=O) groups is 2. The average molecular weight is 246 g/mol. The molecule has 6 nitrogen and oxygen atoms in total. The van der Waals surface area contributed by atoms with E-state index in [1.165, 1.54) is 0 Å². The quantitative estimate of drug-likeness (QED) is 0.624. The Morgan fingerprint density at radius 3 is 2.78 bits per heavy atom. The summed E-state index contributed by atoms with van der Waals surface area (Å²) in [5.41, 5.74) is 0.887. The number of fused-ring (bicyclic) bond motifs is 1. The molecule has 2 aliphatic heterocycles. The summed E-state index contributed by atoms with van der Waals surface area (Å²) >= 11 is 0. The van der Waals surface area contributed by atoms with Crippen molar-refractivity contribution in [3.63, 3.8) is 0 Å². The molecule has 1 N–H and O–H groups in total. The molecule has 1 aromatic rings. The third-order valence-electron chi connectivity index (χ3n) is 2.78. The van der Waals surface area contributed by atoms with Crippen molar-refractivity contribution in [1.29, 1.82) is 0 Å². The molecular weight excluding hydrogens is 236 g/mol. The highest BCUT2D eigenvalue weighted by Crippen LogP contribution is 2.33. The number of urea groups is 1. The molecule has 0 bridgehead atoms. The lowest BCUT2D eigenvalue weighted by Gasteiger charge is -2.12. The second-order valence-electron chi connectivity index (χ2n) is 3.99. The Morgan fingerprint density at radius 1 is 1.28 bits per heavy atom. The van der Waals surface area contributed by atoms with E-state index in [1.807, 2.05) is 0 Å². The van der Waals surface area contributed by atoms with Gasteiger partial charge >= 0.3 is 6.03 Å². The first kappa shape index (κ1) is 10.6. The molecule has 0 aliphatic carbocycles. The summed E-state index contributed by atoms with van der Waals surface area (Å²) in [4.78, 5) is 24.2. The number of nitrogens with zero attached hydrogens (tertiary/aromatic N) is 1. The zero-order valence-corrected chi connectivity index (χ0v) is 9.43. The minimum absolute atomic E-state index is 0.0979.